The van der Waals surface area contributed by atoms with Crippen molar-refractivity contribution < 1.29 is 22.3 Å². The largest absolute Gasteiger partial charge is 0.497 e. The molecule has 1 heterocycles. The second kappa shape index (κ2) is 8.06. The van der Waals surface area contributed by atoms with Crippen LogP contribution in [0.2, 0.25) is 0 Å². The zero-order valence-electron chi connectivity index (χ0n) is 14.9. The summed E-state index contributed by atoms with van der Waals surface area (Å²) in [5.41, 5.74) is 0.357. The zero-order chi connectivity index (χ0) is 19.4. The normalized spacial score (nSPS) is 18.1. The SMILES string of the molecule is COc1ccc(S(=O)(=O)N2CCC[C@H](C(=O)Nc3cccc(F)c3)C2)cc1. The summed E-state index contributed by atoms with van der Waals surface area (Å²) in [5, 5.41) is 2.66. The lowest BCUT2D eigenvalue weighted by Gasteiger charge is -2.31. The fourth-order valence-electron chi connectivity index (χ4n) is 3.08. The molecule has 3 rings (SSSR count). The van der Waals surface area contributed by atoms with E-state index in [1.807, 2.05) is 0 Å². The van der Waals surface area contributed by atoms with E-state index in [9.17, 15) is 17.6 Å². The van der Waals surface area contributed by atoms with Gasteiger partial charge in [-0.25, -0.2) is 12.8 Å². The molecule has 144 valence electrons. The highest BCUT2D eigenvalue weighted by molar-refractivity contribution is 7.89. The Morgan fingerprint density at radius 1 is 1.22 bits per heavy atom. The molecule has 1 amide bonds. The minimum atomic E-state index is -3.70. The van der Waals surface area contributed by atoms with E-state index in [0.717, 1.165) is 0 Å². The third-order valence-electron chi connectivity index (χ3n) is 4.54. The van der Waals surface area contributed by atoms with Crippen LogP contribution in [-0.2, 0) is 14.8 Å². The maximum absolute atomic E-state index is 13.3. The van der Waals surface area contributed by atoms with E-state index < -0.39 is 21.8 Å². The number of benzene rings is 2. The van der Waals surface area contributed by atoms with Crippen LogP contribution in [0.3, 0.4) is 0 Å². The molecule has 1 atom stereocenters. The van der Waals surface area contributed by atoms with Gasteiger partial charge in [0.2, 0.25) is 15.9 Å². The number of ether oxygens (including phenoxy) is 1. The average Bonchev–Trinajstić information content (AvgIpc) is 2.68. The Kier molecular flexibility index (Phi) is 5.76. The third kappa shape index (κ3) is 4.45. The molecule has 0 aromatic heterocycles. The van der Waals surface area contributed by atoms with Crippen LogP contribution in [0.25, 0.3) is 0 Å². The Bertz CT molecular complexity index is 916. The predicted molar refractivity (Wildman–Crippen MR) is 99.5 cm³/mol. The van der Waals surface area contributed by atoms with Crippen LogP contribution in [0.15, 0.2) is 53.4 Å². The average molecular weight is 392 g/mol. The van der Waals surface area contributed by atoms with Gasteiger partial charge in [-0.2, -0.15) is 4.31 Å². The van der Waals surface area contributed by atoms with Gasteiger partial charge in [-0.1, -0.05) is 6.07 Å². The molecule has 2 aromatic carbocycles. The first kappa shape index (κ1) is 19.3. The Morgan fingerprint density at radius 2 is 1.96 bits per heavy atom. The van der Waals surface area contributed by atoms with E-state index in [0.29, 0.717) is 30.8 Å². The van der Waals surface area contributed by atoms with Crippen molar-refractivity contribution in [2.75, 3.05) is 25.5 Å². The number of anilines is 1. The van der Waals surface area contributed by atoms with Gasteiger partial charge in [-0.15, -0.1) is 0 Å². The van der Waals surface area contributed by atoms with E-state index in [-0.39, 0.29) is 17.3 Å². The van der Waals surface area contributed by atoms with Crippen LogP contribution in [0.1, 0.15) is 12.8 Å². The molecule has 0 spiro atoms. The van der Waals surface area contributed by atoms with Crippen molar-refractivity contribution in [3.05, 3.63) is 54.3 Å². The smallest absolute Gasteiger partial charge is 0.243 e. The van der Waals surface area contributed by atoms with Crippen LogP contribution >= 0.6 is 0 Å². The number of sulfonamides is 1. The second-order valence-corrected chi connectivity index (χ2v) is 8.32. The van der Waals surface area contributed by atoms with Crippen LogP contribution in [0.4, 0.5) is 10.1 Å². The molecular weight excluding hydrogens is 371 g/mol. The molecule has 1 saturated heterocycles. The first-order chi connectivity index (χ1) is 12.9. The monoisotopic (exact) mass is 392 g/mol. The van der Waals surface area contributed by atoms with Crippen molar-refractivity contribution in [1.29, 1.82) is 0 Å². The first-order valence-corrected chi connectivity index (χ1v) is 10.0. The number of piperidine rings is 1. The summed E-state index contributed by atoms with van der Waals surface area (Å²) >= 11 is 0. The second-order valence-electron chi connectivity index (χ2n) is 6.38. The summed E-state index contributed by atoms with van der Waals surface area (Å²) < 4.78 is 45.4. The molecule has 1 aliphatic rings. The summed E-state index contributed by atoms with van der Waals surface area (Å²) in [4.78, 5) is 12.7. The van der Waals surface area contributed by atoms with Crippen molar-refractivity contribution in [2.45, 2.75) is 17.7 Å². The number of methoxy groups -OCH3 is 1. The number of carbonyl (C=O) groups is 1. The highest BCUT2D eigenvalue weighted by Gasteiger charge is 2.33. The van der Waals surface area contributed by atoms with Crippen molar-refractivity contribution in [1.82, 2.24) is 4.31 Å². The summed E-state index contributed by atoms with van der Waals surface area (Å²) in [6.45, 7) is 0.452. The minimum Gasteiger partial charge on any atom is -0.497 e. The van der Waals surface area contributed by atoms with E-state index >= 15 is 0 Å². The van der Waals surface area contributed by atoms with Gasteiger partial charge < -0.3 is 10.1 Å². The van der Waals surface area contributed by atoms with Crippen molar-refractivity contribution >= 4 is 21.6 Å². The van der Waals surface area contributed by atoms with Crippen molar-refractivity contribution in [3.8, 4) is 5.75 Å². The van der Waals surface area contributed by atoms with Crippen molar-refractivity contribution in [2.24, 2.45) is 5.92 Å². The minimum absolute atomic E-state index is 0.0928. The van der Waals surface area contributed by atoms with Crippen LogP contribution < -0.4 is 10.1 Å². The number of nitrogens with zero attached hydrogens (tertiary/aromatic N) is 1. The molecule has 1 N–H and O–H groups in total. The number of nitrogens with one attached hydrogen (secondary N) is 1. The fourth-order valence-corrected chi connectivity index (χ4v) is 4.61. The van der Waals surface area contributed by atoms with Gasteiger partial charge in [-0.05, 0) is 55.3 Å². The molecular formula is C19H21FN2O4S. The zero-order valence-corrected chi connectivity index (χ0v) is 15.7. The van der Waals surface area contributed by atoms with E-state index in [1.54, 1.807) is 18.2 Å². The molecule has 0 aliphatic carbocycles. The maximum atomic E-state index is 13.3. The summed E-state index contributed by atoms with van der Waals surface area (Å²) in [6.07, 6.45) is 1.16. The van der Waals surface area contributed by atoms with Gasteiger partial charge in [0.25, 0.3) is 0 Å². The maximum Gasteiger partial charge on any atom is 0.243 e. The van der Waals surface area contributed by atoms with Crippen LogP contribution in [0, 0.1) is 11.7 Å². The lowest BCUT2D eigenvalue weighted by molar-refractivity contribution is -0.120. The van der Waals surface area contributed by atoms with Gasteiger partial charge in [0.15, 0.2) is 0 Å². The highest BCUT2D eigenvalue weighted by atomic mass is 32.2. The van der Waals surface area contributed by atoms with Gasteiger partial charge in [0.1, 0.15) is 11.6 Å². The molecule has 0 saturated carbocycles. The molecule has 8 heteroatoms. The van der Waals surface area contributed by atoms with Crippen LogP contribution in [-0.4, -0.2) is 38.8 Å². The van der Waals surface area contributed by atoms with Gasteiger partial charge in [-0.3, -0.25) is 4.79 Å². The van der Waals surface area contributed by atoms with Crippen LogP contribution in [0.5, 0.6) is 5.75 Å². The molecule has 0 unspecified atom stereocenters. The number of hydrogen-bond acceptors (Lipinski definition) is 4. The summed E-state index contributed by atoms with van der Waals surface area (Å²) in [7, 11) is -2.19. The molecule has 1 fully saturated rings. The Morgan fingerprint density at radius 3 is 2.63 bits per heavy atom. The Hall–Kier alpha value is -2.45. The van der Waals surface area contributed by atoms with Gasteiger partial charge in [0, 0.05) is 18.8 Å². The Balaban J connectivity index is 1.71. The first-order valence-electron chi connectivity index (χ1n) is 8.61. The Labute approximate surface area is 158 Å². The number of hydrogen-bond donors (Lipinski definition) is 1. The summed E-state index contributed by atoms with van der Waals surface area (Å²) in [5.74, 6) is -0.676. The van der Waals surface area contributed by atoms with E-state index in [2.05, 4.69) is 5.32 Å². The molecule has 27 heavy (non-hydrogen) atoms. The number of halogens is 1. The van der Waals surface area contributed by atoms with Gasteiger partial charge in [0.05, 0.1) is 17.9 Å². The topological polar surface area (TPSA) is 75.7 Å². The lowest BCUT2D eigenvalue weighted by atomic mass is 9.99. The molecule has 1 aliphatic heterocycles. The van der Waals surface area contributed by atoms with E-state index in [4.69, 9.17) is 4.74 Å². The molecule has 6 nitrogen and oxygen atoms in total. The van der Waals surface area contributed by atoms with Crippen molar-refractivity contribution in [3.63, 3.8) is 0 Å². The standard InChI is InChI=1S/C19H21FN2O4S/c1-26-17-7-9-18(10-8-17)27(24,25)22-11-3-4-14(13-22)19(23)21-16-6-2-5-15(20)12-16/h2,5-10,12,14H,3-4,11,13H2,1H3,(H,21,23)/t14-/m0/s1. The third-order valence-corrected chi connectivity index (χ3v) is 6.42. The predicted octanol–water partition coefficient (Wildman–Crippen LogP) is 2.87. The quantitative estimate of drug-likeness (QED) is 0.849. The van der Waals surface area contributed by atoms with Gasteiger partial charge >= 0.3 is 0 Å². The highest BCUT2D eigenvalue weighted by Crippen LogP contribution is 2.26. The fraction of sp³-hybridized carbons (Fsp3) is 0.316. The number of carbonyl (C=O) groups excluding carboxylic acids is 1. The molecule has 0 radical (unpaired) electrons. The molecule has 2 aromatic rings. The summed E-state index contributed by atoms with van der Waals surface area (Å²) in [6, 6.07) is 11.8. The van der Waals surface area contributed by atoms with E-state index in [1.165, 1.54) is 41.7 Å². The lowest BCUT2D eigenvalue weighted by Crippen LogP contribution is -2.43. The number of rotatable bonds is 5. The number of amides is 1. The molecule has 0 bridgehead atoms.